The number of Topliss-reactive ketones (excluding diaryl/α,β-unsaturated/α-hetero) is 1. The summed E-state index contributed by atoms with van der Waals surface area (Å²) in [4.78, 5) is 39.5. The van der Waals surface area contributed by atoms with Crippen molar-refractivity contribution in [3.8, 4) is 11.3 Å². The maximum Gasteiger partial charge on any atom is 0.335 e. The SMILES string of the molecule is C=NCS(=O)(=O)c1ccc(C)cc1.CC(=O)c1ccc(C=O)c(C)c1.Cc1cc(C(=O)O)ccc1-c1cnco1. The Morgan fingerprint density at radius 3 is 2.08 bits per heavy atom. The van der Waals surface area contributed by atoms with Crippen LogP contribution in [0.2, 0.25) is 0 Å². The van der Waals surface area contributed by atoms with Gasteiger partial charge in [-0.1, -0.05) is 35.9 Å². The topological polar surface area (TPSA) is 144 Å². The fourth-order valence-electron chi connectivity index (χ4n) is 3.39. The van der Waals surface area contributed by atoms with E-state index in [1.54, 1.807) is 66.9 Å². The first-order chi connectivity index (χ1) is 18.9. The van der Waals surface area contributed by atoms with E-state index >= 15 is 0 Å². The number of aromatic nitrogens is 1. The van der Waals surface area contributed by atoms with Gasteiger partial charge in [0.25, 0.3) is 0 Å². The van der Waals surface area contributed by atoms with Gasteiger partial charge in [0.05, 0.1) is 16.7 Å². The molecule has 0 radical (unpaired) electrons. The number of hydrogen-bond acceptors (Lipinski definition) is 8. The molecule has 208 valence electrons. The molecule has 1 heterocycles. The summed E-state index contributed by atoms with van der Waals surface area (Å²) in [5.74, 6) is -0.516. The molecule has 0 saturated heterocycles. The van der Waals surface area contributed by atoms with Crippen LogP contribution in [0.3, 0.4) is 0 Å². The first-order valence-electron chi connectivity index (χ1n) is 11.9. The minimum atomic E-state index is -3.26. The van der Waals surface area contributed by atoms with Gasteiger partial charge in [-0.15, -0.1) is 0 Å². The lowest BCUT2D eigenvalue weighted by Crippen LogP contribution is -2.04. The highest BCUT2D eigenvalue weighted by molar-refractivity contribution is 7.91. The Morgan fingerprint density at radius 1 is 0.975 bits per heavy atom. The average molecular weight is 563 g/mol. The Hall–Kier alpha value is -4.70. The van der Waals surface area contributed by atoms with Crippen molar-refractivity contribution in [3.05, 3.63) is 107 Å². The van der Waals surface area contributed by atoms with E-state index < -0.39 is 15.8 Å². The van der Waals surface area contributed by atoms with Crippen molar-refractivity contribution < 1.29 is 32.3 Å². The van der Waals surface area contributed by atoms with E-state index in [1.165, 1.54) is 13.3 Å². The number of aryl methyl sites for hydroxylation is 3. The lowest BCUT2D eigenvalue weighted by Gasteiger charge is -2.02. The van der Waals surface area contributed by atoms with Crippen molar-refractivity contribution >= 4 is 34.6 Å². The summed E-state index contributed by atoms with van der Waals surface area (Å²) in [5.41, 5.74) is 5.15. The lowest BCUT2D eigenvalue weighted by atomic mass is 10.0. The number of benzene rings is 3. The lowest BCUT2D eigenvalue weighted by molar-refractivity contribution is 0.0696. The fourth-order valence-corrected chi connectivity index (χ4v) is 4.33. The van der Waals surface area contributed by atoms with Crippen LogP contribution in [0, 0.1) is 20.8 Å². The van der Waals surface area contributed by atoms with Crippen molar-refractivity contribution in [2.75, 3.05) is 5.88 Å². The molecule has 0 amide bonds. The van der Waals surface area contributed by atoms with Crippen molar-refractivity contribution in [3.63, 3.8) is 0 Å². The number of carboxylic acid groups (broad SMARTS) is 1. The molecule has 0 aliphatic heterocycles. The van der Waals surface area contributed by atoms with Gasteiger partial charge < -0.3 is 9.52 Å². The normalized spacial score (nSPS) is 10.3. The predicted molar refractivity (Wildman–Crippen MR) is 153 cm³/mol. The number of rotatable bonds is 7. The van der Waals surface area contributed by atoms with E-state index in [0.717, 1.165) is 28.5 Å². The minimum Gasteiger partial charge on any atom is -0.478 e. The minimum absolute atomic E-state index is 0.0237. The molecule has 0 aliphatic rings. The second-order valence-electron chi connectivity index (χ2n) is 8.73. The smallest absolute Gasteiger partial charge is 0.335 e. The van der Waals surface area contributed by atoms with E-state index in [4.69, 9.17) is 9.52 Å². The van der Waals surface area contributed by atoms with Gasteiger partial charge in [-0.3, -0.25) is 14.6 Å². The van der Waals surface area contributed by atoms with Gasteiger partial charge in [-0.05, 0) is 75.9 Å². The molecular weight excluding hydrogens is 532 g/mol. The number of aldehydes is 1. The molecule has 40 heavy (non-hydrogen) atoms. The second-order valence-corrected chi connectivity index (χ2v) is 10.7. The van der Waals surface area contributed by atoms with Crippen molar-refractivity contribution in [2.24, 2.45) is 4.99 Å². The van der Waals surface area contributed by atoms with Crippen LogP contribution in [0.15, 0.2) is 87.6 Å². The maximum absolute atomic E-state index is 11.4. The number of carboxylic acids is 1. The summed E-state index contributed by atoms with van der Waals surface area (Å²) in [5, 5.41) is 8.79. The number of aromatic carboxylic acids is 1. The Bertz CT molecular complexity index is 1590. The van der Waals surface area contributed by atoms with E-state index in [0.29, 0.717) is 21.8 Å². The van der Waals surface area contributed by atoms with Crippen LogP contribution in [0.5, 0.6) is 0 Å². The Kier molecular flexibility index (Phi) is 11.4. The van der Waals surface area contributed by atoms with Crippen LogP contribution < -0.4 is 0 Å². The zero-order valence-electron chi connectivity index (χ0n) is 22.6. The van der Waals surface area contributed by atoms with E-state index in [2.05, 4.69) is 16.7 Å². The quantitative estimate of drug-likeness (QED) is 0.169. The number of aliphatic imine (C=N–C) groups is 1. The van der Waals surface area contributed by atoms with Crippen LogP contribution in [0.4, 0.5) is 0 Å². The summed E-state index contributed by atoms with van der Waals surface area (Å²) in [7, 11) is -3.26. The molecular formula is C30H30N2O7S. The van der Waals surface area contributed by atoms with Crippen molar-refractivity contribution in [1.82, 2.24) is 4.98 Å². The number of sulfone groups is 1. The van der Waals surface area contributed by atoms with Crippen LogP contribution in [0.1, 0.15) is 54.7 Å². The Labute approximate surface area is 233 Å². The van der Waals surface area contributed by atoms with E-state index in [9.17, 15) is 22.8 Å². The van der Waals surface area contributed by atoms with E-state index in [-0.39, 0.29) is 17.2 Å². The summed E-state index contributed by atoms with van der Waals surface area (Å²) >= 11 is 0. The number of hydrogen-bond donors (Lipinski definition) is 1. The monoisotopic (exact) mass is 562 g/mol. The molecule has 0 aliphatic carbocycles. The zero-order chi connectivity index (χ0) is 29.9. The van der Waals surface area contributed by atoms with Crippen LogP contribution in [-0.4, -0.2) is 49.1 Å². The second kappa shape index (κ2) is 14.5. The summed E-state index contributed by atoms with van der Waals surface area (Å²) < 4.78 is 28.0. The van der Waals surface area contributed by atoms with Gasteiger partial charge in [-0.2, -0.15) is 0 Å². The predicted octanol–water partition coefficient (Wildman–Crippen LogP) is 5.79. The Morgan fingerprint density at radius 2 is 1.60 bits per heavy atom. The number of carbonyl (C=O) groups excluding carboxylic acids is 2. The molecule has 0 unspecified atom stereocenters. The highest BCUT2D eigenvalue weighted by atomic mass is 32.2. The number of nitrogens with zero attached hydrogens (tertiary/aromatic N) is 2. The first-order valence-corrected chi connectivity index (χ1v) is 13.6. The number of carbonyl (C=O) groups is 3. The largest absolute Gasteiger partial charge is 0.478 e. The molecule has 4 aromatic rings. The molecule has 0 bridgehead atoms. The highest BCUT2D eigenvalue weighted by Gasteiger charge is 2.12. The van der Waals surface area contributed by atoms with Gasteiger partial charge >= 0.3 is 5.97 Å². The van der Waals surface area contributed by atoms with Gasteiger partial charge in [0.2, 0.25) is 0 Å². The van der Waals surface area contributed by atoms with E-state index in [1.807, 2.05) is 20.8 Å². The van der Waals surface area contributed by atoms with Gasteiger partial charge in [0, 0.05) is 16.7 Å². The molecule has 9 nitrogen and oxygen atoms in total. The third kappa shape index (κ3) is 8.95. The molecule has 0 spiro atoms. The molecule has 4 rings (SSSR count). The third-order valence-corrected chi connectivity index (χ3v) is 7.13. The highest BCUT2D eigenvalue weighted by Crippen LogP contribution is 2.23. The maximum atomic E-state index is 11.4. The van der Waals surface area contributed by atoms with Gasteiger partial charge in [0.1, 0.15) is 12.2 Å². The molecule has 10 heteroatoms. The van der Waals surface area contributed by atoms with Gasteiger partial charge in [0.15, 0.2) is 27.8 Å². The van der Waals surface area contributed by atoms with Crippen LogP contribution >= 0.6 is 0 Å². The molecule has 0 fully saturated rings. The van der Waals surface area contributed by atoms with Crippen LogP contribution in [0.25, 0.3) is 11.3 Å². The standard InChI is InChI=1S/C11H9NO3.C10H10O2.C9H11NO2S/c1-7-4-8(11(13)14)2-3-9(7)10-5-12-6-15-10;1-7-5-9(8(2)12)3-4-10(7)6-11;1-8-3-5-9(6-4-8)13(11,12)7-10-2/h2-6H,1H3,(H,13,14);3-6H,1-2H3;3-6H,2,7H2,1H3. The third-order valence-electron chi connectivity index (χ3n) is 5.62. The molecule has 1 aromatic heterocycles. The van der Waals surface area contributed by atoms with Crippen molar-refractivity contribution in [1.29, 1.82) is 0 Å². The molecule has 0 atom stereocenters. The zero-order valence-corrected chi connectivity index (χ0v) is 23.4. The number of ketones is 1. The van der Waals surface area contributed by atoms with Crippen molar-refractivity contribution in [2.45, 2.75) is 32.6 Å². The molecule has 0 saturated carbocycles. The Balaban J connectivity index is 0.000000212. The fraction of sp³-hybridized carbons (Fsp3) is 0.167. The molecule has 1 N–H and O–H groups in total. The first kappa shape index (κ1) is 31.5. The summed E-state index contributed by atoms with van der Waals surface area (Å²) in [6, 6.07) is 16.6. The summed E-state index contributed by atoms with van der Waals surface area (Å²) in [6.07, 6.45) is 3.74. The van der Waals surface area contributed by atoms with Gasteiger partial charge in [-0.25, -0.2) is 18.2 Å². The molecule has 3 aromatic carbocycles. The number of oxazole rings is 1. The average Bonchev–Trinajstić information content (AvgIpc) is 3.44. The van der Waals surface area contributed by atoms with Crippen LogP contribution in [-0.2, 0) is 9.84 Å². The summed E-state index contributed by atoms with van der Waals surface area (Å²) in [6.45, 7) is 10.2.